The molecule has 6 aromatic carbocycles. The van der Waals surface area contributed by atoms with Gasteiger partial charge in [-0.15, -0.1) is 0 Å². The minimum Gasteiger partial charge on any atom is -0.295 e. The van der Waals surface area contributed by atoms with Crippen molar-refractivity contribution in [2.45, 2.75) is 12.1 Å². The molecule has 0 bridgehead atoms. The van der Waals surface area contributed by atoms with E-state index < -0.39 is 0 Å². The zero-order chi connectivity index (χ0) is 28.8. The van der Waals surface area contributed by atoms with Gasteiger partial charge in [-0.3, -0.25) is 5.32 Å². The summed E-state index contributed by atoms with van der Waals surface area (Å²) < 4.78 is 0. The molecule has 0 saturated heterocycles. The van der Waals surface area contributed by atoms with Crippen molar-refractivity contribution in [2.75, 3.05) is 0 Å². The Hall–Kier alpha value is -5.24. The predicted molar refractivity (Wildman–Crippen MR) is 181 cm³/mol. The van der Waals surface area contributed by atoms with Crippen LogP contribution in [0, 0.1) is 0 Å². The van der Waals surface area contributed by atoms with Crippen molar-refractivity contribution in [3.8, 4) is 22.3 Å². The van der Waals surface area contributed by atoms with E-state index in [4.69, 9.17) is 0 Å². The highest BCUT2D eigenvalue weighted by atomic mass is 15.0. The van der Waals surface area contributed by atoms with Gasteiger partial charge >= 0.3 is 0 Å². The van der Waals surface area contributed by atoms with Crippen LogP contribution in [0.4, 0.5) is 0 Å². The van der Waals surface area contributed by atoms with Crippen molar-refractivity contribution in [3.63, 3.8) is 0 Å². The standard InChI is InChI=1S/C26H23N.C16H10/c1-5-13-21(14-6-1)25(22-15-7-2-8-16-22)27-26(23-17-9-3-10-18-23)24-19-11-4-12-20-24;1-2-5-11(6-3-1)12-7-4-8-14-13-9-10-15(13)16(12)14/h1-20,25-27H;1-10H. The first kappa shape index (κ1) is 26.6. The van der Waals surface area contributed by atoms with Crippen molar-refractivity contribution in [1.82, 2.24) is 5.32 Å². The van der Waals surface area contributed by atoms with Gasteiger partial charge in [0.2, 0.25) is 0 Å². The van der Waals surface area contributed by atoms with E-state index in [0.717, 1.165) is 0 Å². The SMILES string of the molecule is c1ccc(-c2cccc3c4ccc-4c23)cc1.c1ccc(C(NC(c2ccccc2)c2ccccc2)c2ccccc2)cc1. The lowest BCUT2D eigenvalue weighted by Crippen LogP contribution is -2.28. The topological polar surface area (TPSA) is 12.0 Å². The number of rotatable bonds is 7. The second kappa shape index (κ2) is 12.3. The second-order valence-electron chi connectivity index (χ2n) is 10.9. The highest BCUT2D eigenvalue weighted by Crippen LogP contribution is 2.48. The van der Waals surface area contributed by atoms with Gasteiger partial charge in [-0.25, -0.2) is 0 Å². The number of hydrogen-bond donors (Lipinski definition) is 1. The van der Waals surface area contributed by atoms with Gasteiger partial charge in [0.1, 0.15) is 0 Å². The molecule has 1 N–H and O–H groups in total. The molecule has 43 heavy (non-hydrogen) atoms. The molecule has 1 nitrogen and oxygen atoms in total. The maximum absolute atomic E-state index is 3.92. The lowest BCUT2D eigenvalue weighted by Gasteiger charge is -2.27. The largest absolute Gasteiger partial charge is 0.295 e. The molecule has 0 amide bonds. The van der Waals surface area contributed by atoms with E-state index in [0.29, 0.717) is 0 Å². The van der Waals surface area contributed by atoms with Crippen molar-refractivity contribution >= 4 is 10.8 Å². The third-order valence-corrected chi connectivity index (χ3v) is 8.28. The van der Waals surface area contributed by atoms with Crippen LogP contribution >= 0.6 is 0 Å². The highest BCUT2D eigenvalue weighted by Gasteiger charge is 2.22. The predicted octanol–water partition coefficient (Wildman–Crippen LogP) is 10.6. The molecule has 0 saturated carbocycles. The Labute approximate surface area is 254 Å². The zero-order valence-electron chi connectivity index (χ0n) is 24.0. The quantitative estimate of drug-likeness (QED) is 0.208. The van der Waals surface area contributed by atoms with Gasteiger partial charge in [0.05, 0.1) is 12.1 Å². The summed E-state index contributed by atoms with van der Waals surface area (Å²) in [6.07, 6.45) is 0. The summed E-state index contributed by atoms with van der Waals surface area (Å²) in [5.74, 6) is 0. The van der Waals surface area contributed by atoms with E-state index in [-0.39, 0.29) is 12.1 Å². The van der Waals surface area contributed by atoms with E-state index in [1.165, 1.54) is 55.3 Å². The summed E-state index contributed by atoms with van der Waals surface area (Å²) in [7, 11) is 0. The average molecular weight is 552 g/mol. The number of benzene rings is 7. The number of nitrogens with one attached hydrogen (secondary N) is 1. The Kier molecular flexibility index (Phi) is 7.64. The first-order valence-corrected chi connectivity index (χ1v) is 14.9. The molecular formula is C42H33N. The Morgan fingerprint density at radius 2 is 0.698 bits per heavy atom. The van der Waals surface area contributed by atoms with Crippen molar-refractivity contribution < 1.29 is 0 Å². The van der Waals surface area contributed by atoms with Crippen molar-refractivity contribution in [1.29, 1.82) is 0 Å². The maximum Gasteiger partial charge on any atom is 0.0583 e. The minimum atomic E-state index is 0.109. The van der Waals surface area contributed by atoms with Gasteiger partial charge < -0.3 is 0 Å². The summed E-state index contributed by atoms with van der Waals surface area (Å²) in [6.45, 7) is 0. The van der Waals surface area contributed by atoms with Crippen LogP contribution in [0.1, 0.15) is 34.3 Å². The van der Waals surface area contributed by atoms with Crippen molar-refractivity contribution in [3.05, 3.63) is 204 Å². The van der Waals surface area contributed by atoms with Crippen LogP contribution in [-0.2, 0) is 0 Å². The molecule has 0 heterocycles. The molecule has 8 rings (SSSR count). The average Bonchev–Trinajstić information content (AvgIpc) is 3.08. The fraction of sp³-hybridized carbons (Fsp3) is 0.0476. The molecule has 0 unspecified atom stereocenters. The van der Waals surface area contributed by atoms with Gasteiger partial charge in [0.25, 0.3) is 0 Å². The first-order chi connectivity index (χ1) is 21.4. The molecular weight excluding hydrogens is 518 g/mol. The third kappa shape index (κ3) is 5.51. The molecule has 0 atom stereocenters. The number of hydrogen-bond acceptors (Lipinski definition) is 1. The van der Waals surface area contributed by atoms with Crippen LogP contribution in [-0.4, -0.2) is 0 Å². The van der Waals surface area contributed by atoms with E-state index in [2.05, 4.69) is 187 Å². The van der Waals surface area contributed by atoms with E-state index >= 15 is 0 Å². The smallest absolute Gasteiger partial charge is 0.0583 e. The van der Waals surface area contributed by atoms with Crippen LogP contribution in [0.25, 0.3) is 33.0 Å². The summed E-state index contributed by atoms with van der Waals surface area (Å²) in [5.41, 5.74) is 10.6. The van der Waals surface area contributed by atoms with Gasteiger partial charge in [-0.2, -0.15) is 0 Å². The molecule has 0 spiro atoms. The molecule has 1 heteroatoms. The molecule has 0 radical (unpaired) electrons. The third-order valence-electron chi connectivity index (χ3n) is 8.28. The molecule has 6 aromatic rings. The minimum absolute atomic E-state index is 0.109. The van der Waals surface area contributed by atoms with Gasteiger partial charge in [0, 0.05) is 0 Å². The molecule has 2 aliphatic rings. The maximum atomic E-state index is 3.92. The normalized spacial score (nSPS) is 11.3. The fourth-order valence-electron chi connectivity index (χ4n) is 6.08. The van der Waals surface area contributed by atoms with Gasteiger partial charge in [-0.1, -0.05) is 182 Å². The monoisotopic (exact) mass is 551 g/mol. The van der Waals surface area contributed by atoms with Crippen LogP contribution < -0.4 is 5.32 Å². The van der Waals surface area contributed by atoms with Gasteiger partial charge in [0.15, 0.2) is 0 Å². The Morgan fingerprint density at radius 3 is 1.09 bits per heavy atom. The van der Waals surface area contributed by atoms with E-state index in [1.54, 1.807) is 0 Å². The van der Waals surface area contributed by atoms with Gasteiger partial charge in [-0.05, 0) is 55.3 Å². The lowest BCUT2D eigenvalue weighted by molar-refractivity contribution is 0.540. The second-order valence-corrected chi connectivity index (χ2v) is 10.9. The summed E-state index contributed by atoms with van der Waals surface area (Å²) in [5, 5.41) is 6.77. The zero-order valence-corrected chi connectivity index (χ0v) is 24.0. The summed E-state index contributed by atoms with van der Waals surface area (Å²) in [4.78, 5) is 0. The Balaban J connectivity index is 0.000000158. The molecule has 2 aliphatic carbocycles. The van der Waals surface area contributed by atoms with Crippen LogP contribution in [0.5, 0.6) is 0 Å². The van der Waals surface area contributed by atoms with E-state index in [1.807, 2.05) is 0 Å². The fourth-order valence-corrected chi connectivity index (χ4v) is 6.08. The van der Waals surface area contributed by atoms with Crippen LogP contribution in [0.3, 0.4) is 0 Å². The van der Waals surface area contributed by atoms with Crippen LogP contribution in [0.15, 0.2) is 182 Å². The molecule has 0 aromatic heterocycles. The molecule has 206 valence electrons. The Bertz CT molecular complexity index is 1760. The molecule has 0 aliphatic heterocycles. The van der Waals surface area contributed by atoms with E-state index in [9.17, 15) is 0 Å². The Morgan fingerprint density at radius 1 is 0.302 bits per heavy atom. The summed E-state index contributed by atoms with van der Waals surface area (Å²) >= 11 is 0. The highest BCUT2D eigenvalue weighted by molar-refractivity contribution is 6.22. The molecule has 0 fully saturated rings. The summed E-state index contributed by atoms with van der Waals surface area (Å²) in [6, 6.07) is 64.5. The van der Waals surface area contributed by atoms with Crippen LogP contribution in [0.2, 0.25) is 0 Å². The number of fused-ring (bicyclic) bond motifs is 4. The lowest BCUT2D eigenvalue weighted by atomic mass is 9.79. The first-order valence-electron chi connectivity index (χ1n) is 14.9. The van der Waals surface area contributed by atoms with Crippen molar-refractivity contribution in [2.24, 2.45) is 0 Å².